The molecule has 0 heterocycles. The summed E-state index contributed by atoms with van der Waals surface area (Å²) in [6, 6.07) is -0.257. The van der Waals surface area contributed by atoms with Crippen molar-refractivity contribution in [3.63, 3.8) is 0 Å². The van der Waals surface area contributed by atoms with Crippen LogP contribution in [0.5, 0.6) is 0 Å². The molecule has 0 amide bonds. The standard InChI is InChI=1S/C18H29NO2/c1-18-11-13-7-6-12-4-2-3-5-15(12)16(13)10-14(18)8-9-17(18)19(20)21/h12-17H,2-11H2,1H3/t12-,13+,14-,15+,16+,17-,18-/m0/s1. The first-order valence-electron chi connectivity index (χ1n) is 9.23. The predicted octanol–water partition coefficient (Wildman–Crippen LogP) is 4.67. The van der Waals surface area contributed by atoms with Crippen LogP contribution in [-0.4, -0.2) is 11.0 Å². The maximum absolute atomic E-state index is 11.5. The highest BCUT2D eigenvalue weighted by Gasteiger charge is 2.59. The van der Waals surface area contributed by atoms with Gasteiger partial charge in [0.25, 0.3) is 0 Å². The number of hydrogen-bond acceptors (Lipinski definition) is 2. The van der Waals surface area contributed by atoms with E-state index in [1.165, 1.54) is 44.9 Å². The molecule has 118 valence electrons. The quantitative estimate of drug-likeness (QED) is 0.520. The monoisotopic (exact) mass is 291 g/mol. The van der Waals surface area contributed by atoms with E-state index < -0.39 is 0 Å². The van der Waals surface area contributed by atoms with E-state index in [-0.39, 0.29) is 16.4 Å². The van der Waals surface area contributed by atoms with Gasteiger partial charge in [-0.25, -0.2) is 0 Å². The van der Waals surface area contributed by atoms with Crippen molar-refractivity contribution in [3.8, 4) is 0 Å². The summed E-state index contributed by atoms with van der Waals surface area (Å²) < 4.78 is 0. The molecule has 0 aromatic rings. The fourth-order valence-corrected chi connectivity index (χ4v) is 6.99. The van der Waals surface area contributed by atoms with Gasteiger partial charge in [-0.15, -0.1) is 0 Å². The van der Waals surface area contributed by atoms with Crippen molar-refractivity contribution >= 4 is 0 Å². The van der Waals surface area contributed by atoms with Gasteiger partial charge in [-0.2, -0.15) is 0 Å². The van der Waals surface area contributed by atoms with E-state index in [4.69, 9.17) is 0 Å². The highest BCUT2D eigenvalue weighted by Crippen LogP contribution is 2.61. The van der Waals surface area contributed by atoms with Crippen LogP contribution >= 0.6 is 0 Å². The summed E-state index contributed by atoms with van der Waals surface area (Å²) >= 11 is 0. The molecule has 0 aromatic carbocycles. The molecule has 0 saturated heterocycles. The Bertz CT molecular complexity index is 437. The van der Waals surface area contributed by atoms with E-state index in [1.807, 2.05) is 0 Å². The largest absolute Gasteiger partial charge is 0.264 e. The lowest BCUT2D eigenvalue weighted by Crippen LogP contribution is -2.49. The van der Waals surface area contributed by atoms with E-state index in [0.717, 1.165) is 42.9 Å². The number of nitro groups is 1. The molecule has 0 aromatic heterocycles. The van der Waals surface area contributed by atoms with Gasteiger partial charge in [-0.3, -0.25) is 10.1 Å². The van der Waals surface area contributed by atoms with Gasteiger partial charge >= 0.3 is 0 Å². The maximum atomic E-state index is 11.5. The maximum Gasteiger partial charge on any atom is 0.218 e. The Morgan fingerprint density at radius 1 is 0.952 bits per heavy atom. The van der Waals surface area contributed by atoms with Crippen molar-refractivity contribution in [1.82, 2.24) is 0 Å². The number of rotatable bonds is 1. The third-order valence-corrected chi connectivity index (χ3v) is 8.03. The zero-order valence-electron chi connectivity index (χ0n) is 13.3. The molecule has 4 saturated carbocycles. The van der Waals surface area contributed by atoms with Crippen molar-refractivity contribution in [3.05, 3.63) is 10.1 Å². The highest BCUT2D eigenvalue weighted by atomic mass is 16.6. The van der Waals surface area contributed by atoms with E-state index in [0.29, 0.717) is 5.92 Å². The summed E-state index contributed by atoms with van der Waals surface area (Å²) in [7, 11) is 0. The number of fused-ring (bicyclic) bond motifs is 4. The molecule has 0 radical (unpaired) electrons. The first kappa shape index (κ1) is 14.0. The average molecular weight is 291 g/mol. The summed E-state index contributed by atoms with van der Waals surface area (Å²) in [5.41, 5.74) is 0.00612. The lowest BCUT2D eigenvalue weighted by atomic mass is 9.51. The lowest BCUT2D eigenvalue weighted by molar-refractivity contribution is -0.540. The van der Waals surface area contributed by atoms with Gasteiger partial charge < -0.3 is 0 Å². The van der Waals surface area contributed by atoms with Crippen molar-refractivity contribution in [2.24, 2.45) is 35.0 Å². The normalized spacial score (nSPS) is 52.6. The third kappa shape index (κ3) is 2.06. The smallest absolute Gasteiger partial charge is 0.218 e. The SMILES string of the molecule is C[C@]12C[C@H]3CC[C@@H]4CCCC[C@H]4[C@@H]3C[C@@H]1CC[C@@H]2[N+](=O)[O-]. The van der Waals surface area contributed by atoms with Gasteiger partial charge in [0.05, 0.1) is 0 Å². The molecule has 0 unspecified atom stereocenters. The van der Waals surface area contributed by atoms with Crippen LogP contribution < -0.4 is 0 Å². The van der Waals surface area contributed by atoms with Crippen molar-refractivity contribution in [1.29, 1.82) is 0 Å². The van der Waals surface area contributed by atoms with Gasteiger partial charge in [0.15, 0.2) is 0 Å². The van der Waals surface area contributed by atoms with Gasteiger partial charge in [0, 0.05) is 16.8 Å². The van der Waals surface area contributed by atoms with E-state index in [9.17, 15) is 10.1 Å². The van der Waals surface area contributed by atoms with Crippen LogP contribution in [0.2, 0.25) is 0 Å². The zero-order valence-corrected chi connectivity index (χ0v) is 13.3. The molecule has 21 heavy (non-hydrogen) atoms. The van der Waals surface area contributed by atoms with Crippen LogP contribution in [0.1, 0.15) is 71.1 Å². The van der Waals surface area contributed by atoms with Crippen LogP contribution in [0.4, 0.5) is 0 Å². The summed E-state index contributed by atoms with van der Waals surface area (Å²) in [5.74, 6) is 4.31. The van der Waals surface area contributed by atoms with Crippen LogP contribution in [0.15, 0.2) is 0 Å². The Morgan fingerprint density at radius 3 is 2.52 bits per heavy atom. The predicted molar refractivity (Wildman–Crippen MR) is 82.5 cm³/mol. The van der Waals surface area contributed by atoms with Crippen LogP contribution in [0.3, 0.4) is 0 Å². The molecular formula is C18H29NO2. The number of hydrogen-bond donors (Lipinski definition) is 0. The number of nitrogens with zero attached hydrogens (tertiary/aromatic N) is 1. The second kappa shape index (κ2) is 4.96. The molecule has 0 aliphatic heterocycles. The minimum absolute atomic E-state index is 0.00612. The van der Waals surface area contributed by atoms with Crippen molar-refractivity contribution in [2.75, 3.05) is 0 Å². The minimum Gasteiger partial charge on any atom is -0.264 e. The molecule has 4 aliphatic carbocycles. The Morgan fingerprint density at radius 2 is 1.71 bits per heavy atom. The highest BCUT2D eigenvalue weighted by molar-refractivity contribution is 5.04. The molecule has 4 rings (SSSR count). The second-order valence-corrected chi connectivity index (χ2v) is 8.73. The van der Waals surface area contributed by atoms with Gasteiger partial charge in [-0.05, 0) is 68.1 Å². The molecule has 0 bridgehead atoms. The van der Waals surface area contributed by atoms with Crippen molar-refractivity contribution < 1.29 is 4.92 Å². The van der Waals surface area contributed by atoms with Crippen LogP contribution in [-0.2, 0) is 0 Å². The molecule has 0 spiro atoms. The lowest BCUT2D eigenvalue weighted by Gasteiger charge is -2.53. The minimum atomic E-state index is -0.257. The Balaban J connectivity index is 1.57. The van der Waals surface area contributed by atoms with E-state index in [2.05, 4.69) is 6.92 Å². The topological polar surface area (TPSA) is 43.1 Å². The summed E-state index contributed by atoms with van der Waals surface area (Å²) in [6.07, 6.45) is 13.0. The molecule has 3 nitrogen and oxygen atoms in total. The molecule has 4 fully saturated rings. The average Bonchev–Trinajstić information content (AvgIpc) is 2.81. The second-order valence-electron chi connectivity index (χ2n) is 8.73. The van der Waals surface area contributed by atoms with Gasteiger partial charge in [0.2, 0.25) is 6.04 Å². The fraction of sp³-hybridized carbons (Fsp3) is 1.00. The molecule has 3 heteroatoms. The van der Waals surface area contributed by atoms with Gasteiger partial charge in [0.1, 0.15) is 0 Å². The molecule has 0 N–H and O–H groups in total. The zero-order chi connectivity index (χ0) is 14.6. The van der Waals surface area contributed by atoms with E-state index in [1.54, 1.807) is 0 Å². The summed E-state index contributed by atoms with van der Waals surface area (Å²) in [6.45, 7) is 2.25. The summed E-state index contributed by atoms with van der Waals surface area (Å²) in [4.78, 5) is 11.5. The molecular weight excluding hydrogens is 262 g/mol. The molecule has 7 atom stereocenters. The Labute approximate surface area is 128 Å². The first-order valence-corrected chi connectivity index (χ1v) is 9.23. The van der Waals surface area contributed by atoms with Crippen LogP contribution in [0.25, 0.3) is 0 Å². The van der Waals surface area contributed by atoms with Crippen LogP contribution in [0, 0.1) is 45.1 Å². The van der Waals surface area contributed by atoms with Crippen molar-refractivity contribution in [2.45, 2.75) is 77.2 Å². The Kier molecular flexibility index (Phi) is 3.31. The molecule has 4 aliphatic rings. The summed E-state index contributed by atoms with van der Waals surface area (Å²) in [5, 5.41) is 11.5. The van der Waals surface area contributed by atoms with E-state index >= 15 is 0 Å². The third-order valence-electron chi connectivity index (χ3n) is 8.03. The Hall–Kier alpha value is -0.600. The first-order chi connectivity index (χ1) is 10.1. The fourth-order valence-electron chi connectivity index (χ4n) is 6.99. The van der Waals surface area contributed by atoms with Gasteiger partial charge in [-0.1, -0.05) is 26.2 Å².